The van der Waals surface area contributed by atoms with Gasteiger partial charge in [-0.15, -0.1) is 0 Å². The average Bonchev–Trinajstić information content (AvgIpc) is 3.66. The van der Waals surface area contributed by atoms with E-state index in [1.165, 1.54) is 4.57 Å². The molecule has 4 aromatic rings. The van der Waals surface area contributed by atoms with Gasteiger partial charge in [-0.2, -0.15) is 0 Å². The number of hydrogen-bond donors (Lipinski definition) is 3. The van der Waals surface area contributed by atoms with Crippen LogP contribution in [0.5, 0.6) is 11.5 Å². The summed E-state index contributed by atoms with van der Waals surface area (Å²) in [5.41, 5.74) is 3.22. The average molecular weight is 531 g/mol. The van der Waals surface area contributed by atoms with Gasteiger partial charge in [0.05, 0.1) is 11.4 Å². The highest BCUT2D eigenvalue weighted by Crippen LogP contribution is 2.35. The number of rotatable bonds is 11. The number of nitrogens with zero attached hydrogens (tertiary/aromatic N) is 2. The summed E-state index contributed by atoms with van der Waals surface area (Å²) in [4.78, 5) is 33.4. The number of imidazole rings is 1. The Bertz CT molecular complexity index is 1470. The molecule has 1 amide bonds. The lowest BCUT2D eigenvalue weighted by Gasteiger charge is -2.21. The van der Waals surface area contributed by atoms with Crippen LogP contribution in [0.15, 0.2) is 54.9 Å². The van der Waals surface area contributed by atoms with E-state index in [9.17, 15) is 14.7 Å². The third kappa shape index (κ3) is 5.92. The largest absolute Gasteiger partial charge is 0.464 e. The number of hydrogen-bond acceptors (Lipinski definition) is 5. The van der Waals surface area contributed by atoms with Crippen LogP contribution in [-0.4, -0.2) is 44.5 Å². The molecule has 1 aliphatic heterocycles. The van der Waals surface area contributed by atoms with Crippen molar-refractivity contribution < 1.29 is 24.2 Å². The smallest absolute Gasteiger partial charge is 0.416 e. The zero-order valence-corrected chi connectivity index (χ0v) is 22.3. The minimum atomic E-state index is -1.04. The summed E-state index contributed by atoms with van der Waals surface area (Å²) in [5.74, 6) is 1.63. The molecule has 39 heavy (non-hydrogen) atoms. The second kappa shape index (κ2) is 11.6. The van der Waals surface area contributed by atoms with Crippen molar-refractivity contribution in [3.8, 4) is 11.5 Å². The van der Waals surface area contributed by atoms with Gasteiger partial charge in [-0.25, -0.2) is 9.78 Å². The number of para-hydroxylation sites is 1. The topological polar surface area (TPSA) is 118 Å². The number of H-pyrrole nitrogens is 1. The van der Waals surface area contributed by atoms with Gasteiger partial charge < -0.3 is 24.9 Å². The Balaban J connectivity index is 1.35. The lowest BCUT2D eigenvalue weighted by Crippen LogP contribution is -2.38. The second-order valence-corrected chi connectivity index (χ2v) is 10.1. The summed E-state index contributed by atoms with van der Waals surface area (Å²) in [5, 5.41) is 13.6. The van der Waals surface area contributed by atoms with E-state index in [4.69, 9.17) is 9.47 Å². The van der Waals surface area contributed by atoms with Gasteiger partial charge in [0, 0.05) is 42.4 Å². The second-order valence-electron chi connectivity index (χ2n) is 10.1. The van der Waals surface area contributed by atoms with Crippen LogP contribution in [0.4, 0.5) is 4.79 Å². The van der Waals surface area contributed by atoms with Crippen LogP contribution in [0.3, 0.4) is 0 Å². The van der Waals surface area contributed by atoms with E-state index in [0.717, 1.165) is 53.7 Å². The lowest BCUT2D eigenvalue weighted by atomic mass is 9.92. The van der Waals surface area contributed by atoms with Crippen molar-refractivity contribution in [2.45, 2.75) is 64.3 Å². The molecule has 0 radical (unpaired) electrons. The van der Waals surface area contributed by atoms with Gasteiger partial charge in [-0.3, -0.25) is 9.36 Å². The van der Waals surface area contributed by atoms with Crippen LogP contribution in [0.2, 0.25) is 0 Å². The van der Waals surface area contributed by atoms with E-state index in [2.05, 4.69) is 22.2 Å². The van der Waals surface area contributed by atoms with E-state index < -0.39 is 12.0 Å². The summed E-state index contributed by atoms with van der Waals surface area (Å²) in [7, 11) is 0. The molecular formula is C30H34N4O5. The number of nitrogens with one attached hydrogen (secondary N) is 2. The molecule has 0 unspecified atom stereocenters. The highest BCUT2D eigenvalue weighted by atomic mass is 16.7. The highest BCUT2D eigenvalue weighted by molar-refractivity contribution is 5.91. The number of ether oxygens (including phenoxy) is 2. The summed E-state index contributed by atoms with van der Waals surface area (Å²) in [6.07, 6.45) is 7.63. The van der Waals surface area contributed by atoms with Gasteiger partial charge in [-0.05, 0) is 49.1 Å². The predicted octanol–water partition coefficient (Wildman–Crippen LogP) is 5.43. The summed E-state index contributed by atoms with van der Waals surface area (Å²) in [6, 6.07) is 12.8. The first-order chi connectivity index (χ1) is 18.9. The maximum absolute atomic E-state index is 13.7. The lowest BCUT2D eigenvalue weighted by molar-refractivity contribution is -0.123. The maximum atomic E-state index is 13.7. The molecule has 204 valence electrons. The minimum Gasteiger partial charge on any atom is -0.464 e. The number of aromatic amines is 1. The maximum Gasteiger partial charge on any atom is 0.416 e. The van der Waals surface area contributed by atoms with Gasteiger partial charge in [0.1, 0.15) is 5.82 Å². The molecule has 0 saturated carbocycles. The fourth-order valence-corrected chi connectivity index (χ4v) is 5.19. The molecule has 0 fully saturated rings. The van der Waals surface area contributed by atoms with Crippen molar-refractivity contribution in [2.24, 2.45) is 0 Å². The fourth-order valence-electron chi connectivity index (χ4n) is 5.19. The Kier molecular flexibility index (Phi) is 7.86. The number of aryl methyl sites for hydroxylation is 1. The van der Waals surface area contributed by atoms with Crippen molar-refractivity contribution in [1.29, 1.82) is 0 Å². The number of fused-ring (bicyclic) bond motifs is 2. The van der Waals surface area contributed by atoms with E-state index in [0.29, 0.717) is 29.9 Å². The van der Waals surface area contributed by atoms with E-state index in [1.54, 1.807) is 12.3 Å². The van der Waals surface area contributed by atoms with Gasteiger partial charge >= 0.3 is 6.09 Å². The monoisotopic (exact) mass is 530 g/mol. The van der Waals surface area contributed by atoms with Gasteiger partial charge in [-0.1, -0.05) is 44.0 Å². The van der Waals surface area contributed by atoms with E-state index in [-0.39, 0.29) is 18.7 Å². The van der Waals surface area contributed by atoms with Gasteiger partial charge in [0.25, 0.3) is 0 Å². The number of carbonyl (C=O) groups excluding carboxylic acids is 1. The molecule has 3 N–H and O–H groups in total. The Labute approximate surface area is 227 Å². The van der Waals surface area contributed by atoms with Crippen molar-refractivity contribution in [3.05, 3.63) is 77.5 Å². The minimum absolute atomic E-state index is 0.120. The zero-order valence-electron chi connectivity index (χ0n) is 22.3. The van der Waals surface area contributed by atoms with E-state index in [1.807, 2.05) is 49.5 Å². The molecule has 0 spiro atoms. The predicted molar refractivity (Wildman–Crippen MR) is 147 cm³/mol. The quantitative estimate of drug-likeness (QED) is 0.223. The molecule has 9 nitrogen and oxygen atoms in total. The van der Waals surface area contributed by atoms with Crippen LogP contribution < -0.4 is 14.8 Å². The SMILES string of the molecule is CCCCCc1ncc(C[C@H](C(=O)N[C@H](C)Cc2cn(C(=O)O)c3ccccc23)c2ccc3c(c2)OCO3)[nH]1. The third-order valence-electron chi connectivity index (χ3n) is 7.15. The Morgan fingerprint density at radius 1 is 1.13 bits per heavy atom. The third-order valence-corrected chi connectivity index (χ3v) is 7.15. The normalized spacial score (nSPS) is 13.9. The van der Waals surface area contributed by atoms with Crippen LogP contribution in [0.25, 0.3) is 10.9 Å². The number of benzene rings is 2. The highest BCUT2D eigenvalue weighted by Gasteiger charge is 2.26. The molecule has 0 saturated heterocycles. The molecule has 5 rings (SSSR count). The molecule has 0 bridgehead atoms. The zero-order chi connectivity index (χ0) is 27.4. The molecule has 3 heterocycles. The van der Waals surface area contributed by atoms with Crippen LogP contribution >= 0.6 is 0 Å². The first kappa shape index (κ1) is 26.3. The standard InChI is InChI=1S/C30H34N4O5/c1-3-4-5-10-28-31-16-22(33-28)15-24(20-11-12-26-27(14-20)39-18-38-26)29(35)32-19(2)13-21-17-34(30(36)37)25-9-7-6-8-23(21)25/h6-9,11-12,14,16-17,19,24H,3-5,10,13,15,18H2,1-2H3,(H,31,33)(H,32,35)(H,36,37)/t19-,24+/m1/s1. The van der Waals surface area contributed by atoms with Gasteiger partial charge in [0.2, 0.25) is 12.7 Å². The number of carbonyl (C=O) groups is 2. The fraction of sp³-hybridized carbons (Fsp3) is 0.367. The van der Waals surface area contributed by atoms with Crippen molar-refractivity contribution in [3.63, 3.8) is 0 Å². The van der Waals surface area contributed by atoms with E-state index >= 15 is 0 Å². The molecule has 2 aromatic heterocycles. The Hall–Kier alpha value is -4.27. The van der Waals surface area contributed by atoms with Crippen molar-refractivity contribution in [1.82, 2.24) is 19.9 Å². The molecule has 2 aromatic carbocycles. The van der Waals surface area contributed by atoms with Crippen molar-refractivity contribution >= 4 is 22.9 Å². The first-order valence-electron chi connectivity index (χ1n) is 13.5. The van der Waals surface area contributed by atoms with Gasteiger partial charge in [0.15, 0.2) is 11.5 Å². The van der Waals surface area contributed by atoms with Crippen LogP contribution in [-0.2, 0) is 24.1 Å². The first-order valence-corrected chi connectivity index (χ1v) is 13.5. The molecule has 1 aliphatic rings. The molecule has 0 aliphatic carbocycles. The number of unbranched alkanes of at least 4 members (excludes halogenated alkanes) is 2. The summed E-state index contributed by atoms with van der Waals surface area (Å²) in [6.45, 7) is 4.27. The Morgan fingerprint density at radius 2 is 1.95 bits per heavy atom. The van der Waals surface area contributed by atoms with Crippen molar-refractivity contribution in [2.75, 3.05) is 6.79 Å². The molecule has 2 atom stereocenters. The van der Waals surface area contributed by atoms with Crippen LogP contribution in [0.1, 0.15) is 61.7 Å². The van der Waals surface area contributed by atoms with Crippen LogP contribution in [0, 0.1) is 0 Å². The Morgan fingerprint density at radius 3 is 2.77 bits per heavy atom. The number of amides is 1. The molecule has 9 heteroatoms. The summed E-state index contributed by atoms with van der Waals surface area (Å²) < 4.78 is 12.3. The number of aromatic nitrogens is 3. The molecular weight excluding hydrogens is 496 g/mol. The number of carboxylic acid groups (broad SMARTS) is 1. The summed E-state index contributed by atoms with van der Waals surface area (Å²) >= 11 is 0.